The minimum Gasteiger partial charge on any atom is -0.351 e. The lowest BCUT2D eigenvalue weighted by Crippen LogP contribution is -2.49. The lowest BCUT2D eigenvalue weighted by Gasteiger charge is -2.24. The number of carbonyl (C=O) groups excluding carboxylic acids is 1. The molecule has 1 aliphatic carbocycles. The van der Waals surface area contributed by atoms with Crippen molar-refractivity contribution < 1.29 is 4.79 Å². The number of amides is 1. The van der Waals surface area contributed by atoms with Crippen LogP contribution in [0.2, 0.25) is 0 Å². The summed E-state index contributed by atoms with van der Waals surface area (Å²) in [5.41, 5.74) is 0. The maximum absolute atomic E-state index is 11.8. The summed E-state index contributed by atoms with van der Waals surface area (Å²) in [5, 5.41) is 6.34. The van der Waals surface area contributed by atoms with Gasteiger partial charge in [-0.1, -0.05) is 18.6 Å². The van der Waals surface area contributed by atoms with Gasteiger partial charge in [0, 0.05) is 6.04 Å². The third-order valence-corrected chi connectivity index (χ3v) is 2.98. The Morgan fingerprint density at radius 1 is 1.29 bits per heavy atom. The summed E-state index contributed by atoms with van der Waals surface area (Å²) in [4.78, 5) is 11.8. The Hall–Kier alpha value is -0.830. The largest absolute Gasteiger partial charge is 0.351 e. The van der Waals surface area contributed by atoms with E-state index in [4.69, 9.17) is 0 Å². The standard InChI is InChI=1S/C11H18N2O/c14-11(10-7-3-4-8-12-10)13-9-5-1-2-6-9/h1-2,9-10,12H,3-8H2,(H,13,14). The zero-order valence-corrected chi connectivity index (χ0v) is 8.46. The monoisotopic (exact) mass is 194 g/mol. The smallest absolute Gasteiger partial charge is 0.237 e. The van der Waals surface area contributed by atoms with Gasteiger partial charge in [-0.05, 0) is 32.2 Å². The highest BCUT2D eigenvalue weighted by Crippen LogP contribution is 2.11. The molecule has 1 aliphatic heterocycles. The van der Waals surface area contributed by atoms with Crippen molar-refractivity contribution in [2.75, 3.05) is 6.54 Å². The van der Waals surface area contributed by atoms with E-state index < -0.39 is 0 Å². The molecule has 2 N–H and O–H groups in total. The molecular formula is C11H18N2O. The van der Waals surface area contributed by atoms with Gasteiger partial charge in [-0.3, -0.25) is 4.79 Å². The SMILES string of the molecule is O=C(NC1CC=CC1)C1CCCCN1. The van der Waals surface area contributed by atoms with Gasteiger partial charge in [-0.25, -0.2) is 0 Å². The molecule has 2 rings (SSSR count). The van der Waals surface area contributed by atoms with Crippen molar-refractivity contribution in [3.63, 3.8) is 0 Å². The Morgan fingerprint density at radius 2 is 2.07 bits per heavy atom. The topological polar surface area (TPSA) is 41.1 Å². The fourth-order valence-electron chi connectivity index (χ4n) is 2.11. The summed E-state index contributed by atoms with van der Waals surface area (Å²) >= 11 is 0. The lowest BCUT2D eigenvalue weighted by atomic mass is 10.0. The van der Waals surface area contributed by atoms with Crippen LogP contribution in [0.5, 0.6) is 0 Å². The quantitative estimate of drug-likeness (QED) is 0.643. The van der Waals surface area contributed by atoms with Crippen LogP contribution < -0.4 is 10.6 Å². The lowest BCUT2D eigenvalue weighted by molar-refractivity contribution is -0.124. The average Bonchev–Trinajstić information content (AvgIpc) is 2.72. The van der Waals surface area contributed by atoms with E-state index in [1.165, 1.54) is 12.8 Å². The van der Waals surface area contributed by atoms with Gasteiger partial charge >= 0.3 is 0 Å². The van der Waals surface area contributed by atoms with Crippen LogP contribution in [0.4, 0.5) is 0 Å². The van der Waals surface area contributed by atoms with Gasteiger partial charge < -0.3 is 10.6 Å². The number of hydrogen-bond acceptors (Lipinski definition) is 2. The second-order valence-electron chi connectivity index (χ2n) is 4.15. The Labute approximate surface area is 84.9 Å². The van der Waals surface area contributed by atoms with Gasteiger partial charge in [-0.15, -0.1) is 0 Å². The van der Waals surface area contributed by atoms with Crippen LogP contribution in [0, 0.1) is 0 Å². The number of rotatable bonds is 2. The molecule has 1 unspecified atom stereocenters. The molecule has 14 heavy (non-hydrogen) atoms. The summed E-state index contributed by atoms with van der Waals surface area (Å²) in [7, 11) is 0. The second-order valence-corrected chi connectivity index (χ2v) is 4.15. The van der Waals surface area contributed by atoms with Gasteiger partial charge in [0.05, 0.1) is 6.04 Å². The van der Waals surface area contributed by atoms with Crippen LogP contribution >= 0.6 is 0 Å². The van der Waals surface area contributed by atoms with Crippen molar-refractivity contribution >= 4 is 5.91 Å². The highest BCUT2D eigenvalue weighted by atomic mass is 16.2. The Kier molecular flexibility index (Phi) is 3.19. The highest BCUT2D eigenvalue weighted by molar-refractivity contribution is 5.82. The van der Waals surface area contributed by atoms with Gasteiger partial charge in [0.15, 0.2) is 0 Å². The van der Waals surface area contributed by atoms with Crippen molar-refractivity contribution in [1.29, 1.82) is 0 Å². The van der Waals surface area contributed by atoms with Crippen LogP contribution in [0.25, 0.3) is 0 Å². The Bertz CT molecular complexity index is 223. The van der Waals surface area contributed by atoms with Crippen LogP contribution in [0.15, 0.2) is 12.2 Å². The number of hydrogen-bond donors (Lipinski definition) is 2. The van der Waals surface area contributed by atoms with E-state index in [0.717, 1.165) is 25.8 Å². The molecule has 1 amide bonds. The van der Waals surface area contributed by atoms with Crippen LogP contribution in [0.1, 0.15) is 32.1 Å². The van der Waals surface area contributed by atoms with E-state index in [2.05, 4.69) is 22.8 Å². The molecule has 1 heterocycles. The molecule has 0 aromatic carbocycles. The maximum Gasteiger partial charge on any atom is 0.237 e. The number of nitrogens with one attached hydrogen (secondary N) is 2. The molecule has 0 bridgehead atoms. The van der Waals surface area contributed by atoms with E-state index in [-0.39, 0.29) is 11.9 Å². The zero-order valence-electron chi connectivity index (χ0n) is 8.46. The Balaban J connectivity index is 1.76. The maximum atomic E-state index is 11.8. The molecule has 0 spiro atoms. The molecule has 2 aliphatic rings. The summed E-state index contributed by atoms with van der Waals surface area (Å²) < 4.78 is 0. The first-order valence-electron chi connectivity index (χ1n) is 5.55. The summed E-state index contributed by atoms with van der Waals surface area (Å²) in [6.45, 7) is 0.987. The molecule has 3 heteroatoms. The van der Waals surface area contributed by atoms with Crippen molar-refractivity contribution in [2.24, 2.45) is 0 Å². The Morgan fingerprint density at radius 3 is 2.71 bits per heavy atom. The molecule has 0 aromatic heterocycles. The third kappa shape index (κ3) is 2.35. The fourth-order valence-corrected chi connectivity index (χ4v) is 2.11. The number of carbonyl (C=O) groups is 1. The van der Waals surface area contributed by atoms with Crippen LogP contribution in [-0.2, 0) is 4.79 Å². The van der Waals surface area contributed by atoms with E-state index in [1.54, 1.807) is 0 Å². The number of piperidine rings is 1. The van der Waals surface area contributed by atoms with Gasteiger partial charge in [0.2, 0.25) is 5.91 Å². The minimum atomic E-state index is 0.0596. The predicted molar refractivity (Wildman–Crippen MR) is 55.9 cm³/mol. The van der Waals surface area contributed by atoms with Crippen molar-refractivity contribution in [1.82, 2.24) is 10.6 Å². The summed E-state index contributed by atoms with van der Waals surface area (Å²) in [6, 6.07) is 0.413. The molecule has 78 valence electrons. The van der Waals surface area contributed by atoms with Crippen molar-refractivity contribution in [2.45, 2.75) is 44.2 Å². The van der Waals surface area contributed by atoms with Gasteiger partial charge in [0.1, 0.15) is 0 Å². The fraction of sp³-hybridized carbons (Fsp3) is 0.727. The molecular weight excluding hydrogens is 176 g/mol. The molecule has 3 nitrogen and oxygen atoms in total. The van der Waals surface area contributed by atoms with Crippen LogP contribution in [0.3, 0.4) is 0 Å². The van der Waals surface area contributed by atoms with E-state index in [0.29, 0.717) is 6.04 Å². The normalized spacial score (nSPS) is 27.9. The van der Waals surface area contributed by atoms with Gasteiger partial charge in [-0.2, -0.15) is 0 Å². The molecule has 0 aromatic rings. The van der Waals surface area contributed by atoms with E-state index in [1.807, 2.05) is 0 Å². The van der Waals surface area contributed by atoms with E-state index >= 15 is 0 Å². The minimum absolute atomic E-state index is 0.0596. The first kappa shape index (κ1) is 9.71. The molecule has 1 saturated heterocycles. The van der Waals surface area contributed by atoms with Crippen molar-refractivity contribution in [3.8, 4) is 0 Å². The molecule has 0 saturated carbocycles. The second kappa shape index (κ2) is 4.60. The first-order valence-corrected chi connectivity index (χ1v) is 5.55. The summed E-state index contributed by atoms with van der Waals surface area (Å²) in [5.74, 6) is 0.193. The molecule has 0 radical (unpaired) electrons. The predicted octanol–water partition coefficient (Wildman–Crippen LogP) is 0.963. The zero-order chi connectivity index (χ0) is 9.80. The highest BCUT2D eigenvalue weighted by Gasteiger charge is 2.22. The molecule has 1 atom stereocenters. The summed E-state index contributed by atoms with van der Waals surface area (Å²) in [6.07, 6.45) is 9.64. The van der Waals surface area contributed by atoms with Gasteiger partial charge in [0.25, 0.3) is 0 Å². The first-order chi connectivity index (χ1) is 6.86. The van der Waals surface area contributed by atoms with Crippen LogP contribution in [-0.4, -0.2) is 24.5 Å². The van der Waals surface area contributed by atoms with Crippen molar-refractivity contribution in [3.05, 3.63) is 12.2 Å². The van der Waals surface area contributed by atoms with E-state index in [9.17, 15) is 4.79 Å². The average molecular weight is 194 g/mol. The third-order valence-electron chi connectivity index (χ3n) is 2.98. The molecule has 1 fully saturated rings.